The Morgan fingerprint density at radius 3 is 2.45 bits per heavy atom. The quantitative estimate of drug-likeness (QED) is 0.0890. The van der Waals surface area contributed by atoms with E-state index in [1.807, 2.05) is 12.2 Å². The number of carboxylic acid groups (broad SMARTS) is 1. The molecule has 6 amide bonds. The van der Waals surface area contributed by atoms with Gasteiger partial charge in [-0.05, 0) is 32.3 Å². The second kappa shape index (κ2) is 13.9. The van der Waals surface area contributed by atoms with Crippen LogP contribution in [0.4, 0.5) is 4.79 Å². The van der Waals surface area contributed by atoms with Crippen molar-refractivity contribution in [1.82, 2.24) is 25.3 Å². The fraction of sp³-hybridized carbons (Fsp3) is 0.500. The number of hydrogen-bond acceptors (Lipinski definition) is 10. The first-order chi connectivity index (χ1) is 19.5. The van der Waals surface area contributed by atoms with Gasteiger partial charge in [-0.2, -0.15) is 0 Å². The van der Waals surface area contributed by atoms with Crippen LogP contribution in [0, 0.1) is 0 Å². The topological polar surface area (TPSA) is 186 Å². The molecule has 4 aliphatic rings. The molecule has 0 radical (unpaired) electrons. The van der Waals surface area contributed by atoms with Crippen LogP contribution in [-0.4, -0.2) is 105 Å². The molecule has 220 valence electrons. The van der Waals surface area contributed by atoms with Crippen molar-refractivity contribution in [3.8, 4) is 0 Å². The molecule has 0 aromatic carbocycles. The zero-order valence-electron chi connectivity index (χ0n) is 23.7. The minimum absolute atomic E-state index is 0. The van der Waals surface area contributed by atoms with Gasteiger partial charge < -0.3 is 30.2 Å². The van der Waals surface area contributed by atoms with Crippen molar-refractivity contribution < 1.29 is 73.0 Å². The van der Waals surface area contributed by atoms with E-state index in [0.717, 1.165) is 9.80 Å². The van der Waals surface area contributed by atoms with Crippen LogP contribution in [0.2, 0.25) is 0 Å². The second-order valence-electron chi connectivity index (χ2n) is 9.72. The van der Waals surface area contributed by atoms with Crippen molar-refractivity contribution in [2.75, 3.05) is 26.2 Å². The molecule has 4 rings (SSSR count). The monoisotopic (exact) mass is 611 g/mol. The third-order valence-corrected chi connectivity index (χ3v) is 8.67. The van der Waals surface area contributed by atoms with Gasteiger partial charge in [0, 0.05) is 37.4 Å². The summed E-state index contributed by atoms with van der Waals surface area (Å²) in [6, 6.07) is -3.30. The van der Waals surface area contributed by atoms with Crippen molar-refractivity contribution in [2.45, 2.75) is 56.3 Å². The molecule has 0 saturated carbocycles. The molecule has 2 saturated heterocycles. The Morgan fingerprint density at radius 2 is 1.86 bits per heavy atom. The number of aliphatic carboxylic acids is 1. The number of thioether (sulfide) groups is 1. The van der Waals surface area contributed by atoms with Crippen molar-refractivity contribution in [2.24, 2.45) is 0 Å². The molecule has 14 nitrogen and oxygen atoms in total. The first kappa shape index (κ1) is 33.4. The number of β-lactam (4-membered cyclic amide) rings is 1. The fourth-order valence-electron chi connectivity index (χ4n) is 5.00. The van der Waals surface area contributed by atoms with E-state index >= 15 is 0 Å². The number of likely N-dealkylation sites (N-methyl/N-ethyl adjacent to an activating group) is 1. The van der Waals surface area contributed by atoms with Gasteiger partial charge in [0.2, 0.25) is 5.91 Å². The number of piperazine rings is 1. The van der Waals surface area contributed by atoms with Crippen LogP contribution in [0.25, 0.3) is 0 Å². The molecule has 1 aliphatic carbocycles. The van der Waals surface area contributed by atoms with E-state index in [0.29, 0.717) is 25.0 Å². The molecule has 42 heavy (non-hydrogen) atoms. The van der Waals surface area contributed by atoms with Crippen molar-refractivity contribution in [3.63, 3.8) is 0 Å². The van der Waals surface area contributed by atoms with Gasteiger partial charge in [0.1, 0.15) is 24.1 Å². The number of rotatable bonds is 8. The summed E-state index contributed by atoms with van der Waals surface area (Å²) in [5.74, 6) is -5.50. The molecule has 0 aromatic rings. The Labute approximate surface area is 268 Å². The van der Waals surface area contributed by atoms with Crippen molar-refractivity contribution in [1.29, 1.82) is 0 Å². The molecular weight excluding hydrogens is 581 g/mol. The van der Waals surface area contributed by atoms with Crippen LogP contribution in [0.5, 0.6) is 0 Å². The van der Waals surface area contributed by atoms with Crippen LogP contribution < -0.4 is 45.3 Å². The van der Waals surface area contributed by atoms with Crippen LogP contribution >= 0.6 is 11.8 Å². The van der Waals surface area contributed by atoms with Crippen LogP contribution in [0.3, 0.4) is 0 Å². The Morgan fingerprint density at radius 1 is 1.14 bits per heavy atom. The van der Waals surface area contributed by atoms with Gasteiger partial charge >= 0.3 is 53.4 Å². The molecule has 2 N–H and O–H groups in total. The maximum absolute atomic E-state index is 13.5. The van der Waals surface area contributed by atoms with Gasteiger partial charge in [-0.3, -0.25) is 33.8 Å². The summed E-state index contributed by atoms with van der Waals surface area (Å²) in [4.78, 5) is 90.8. The number of nitrogens with zero attached hydrogens (tertiary/aromatic N) is 3. The molecule has 0 aromatic heterocycles. The number of amides is 6. The fourth-order valence-corrected chi connectivity index (χ4v) is 6.43. The molecule has 2 unspecified atom stereocenters. The zero-order chi connectivity index (χ0) is 30.0. The average molecular weight is 612 g/mol. The number of carboxylic acids is 1. The van der Waals surface area contributed by atoms with Gasteiger partial charge in [-0.1, -0.05) is 18.2 Å². The Balaban J connectivity index is 0.00000484. The first-order valence-corrected chi connectivity index (χ1v) is 14.0. The third-order valence-electron chi connectivity index (χ3n) is 7.22. The van der Waals surface area contributed by atoms with Gasteiger partial charge in [-0.25, -0.2) is 4.79 Å². The van der Waals surface area contributed by atoms with Crippen molar-refractivity contribution in [3.05, 3.63) is 35.1 Å². The maximum Gasteiger partial charge on any atom is 1.00 e. The summed E-state index contributed by atoms with van der Waals surface area (Å²) >= 11 is 1.20. The van der Waals surface area contributed by atoms with E-state index in [4.69, 9.17) is 4.74 Å². The Bertz CT molecular complexity index is 1300. The Hall–Kier alpha value is -3.14. The van der Waals surface area contributed by atoms with Gasteiger partial charge in [0.15, 0.2) is 0 Å². The normalized spacial score (nSPS) is 24.2. The summed E-state index contributed by atoms with van der Waals surface area (Å²) in [6.45, 7) is 4.68. The summed E-state index contributed by atoms with van der Waals surface area (Å²) in [7, 11) is 0. The average Bonchev–Trinajstić information content (AvgIpc) is 2.94. The van der Waals surface area contributed by atoms with Gasteiger partial charge in [0.05, 0.1) is 11.7 Å². The molecule has 0 bridgehead atoms. The number of hydrogen-bond donors (Lipinski definition) is 2. The first-order valence-electron chi connectivity index (χ1n) is 13.1. The smallest absolute Gasteiger partial charge is 0.543 e. The van der Waals surface area contributed by atoms with E-state index in [-0.39, 0.29) is 54.8 Å². The standard InChI is InChI=1S/C26H31N5O9S.Na/c1-4-29-10-11-30(23(36)22(29)35)26(39)28-17(15-8-6-5-7-9-15)20(33)27-18-21(34)31-19(25(37)38)16(12-40-14(3)32)13(2)41-24(18)31;/h5-6,9,13,17-18,24H,4,7-8,10-12H2,1-3H3,(H,27,33)(H,28,39)(H,37,38);/q;+1/p-1/t13-,17?,18?,24-;/m0./s1. The van der Waals surface area contributed by atoms with E-state index in [1.54, 1.807) is 19.9 Å². The Kier molecular flexibility index (Phi) is 11.0. The number of nitrogens with one attached hydrogen (secondary N) is 2. The minimum Gasteiger partial charge on any atom is -0.543 e. The molecule has 3 aliphatic heterocycles. The largest absolute Gasteiger partial charge is 1.00 e. The third kappa shape index (κ3) is 6.58. The number of ether oxygens (including phenoxy) is 1. The van der Waals surface area contributed by atoms with Gasteiger partial charge in [-0.15, -0.1) is 11.8 Å². The molecule has 2 fully saturated rings. The number of carbonyl (C=O) groups is 7. The molecule has 0 spiro atoms. The number of urea groups is 1. The predicted molar refractivity (Wildman–Crippen MR) is 141 cm³/mol. The molecule has 16 heteroatoms. The van der Waals surface area contributed by atoms with E-state index in [9.17, 15) is 38.7 Å². The number of allylic oxidation sites excluding steroid dienone is 3. The minimum atomic E-state index is -1.62. The summed E-state index contributed by atoms with van der Waals surface area (Å²) in [6.07, 6.45) is 6.26. The zero-order valence-corrected chi connectivity index (χ0v) is 26.5. The van der Waals surface area contributed by atoms with Crippen molar-refractivity contribution >= 4 is 53.4 Å². The molecule has 3 heterocycles. The van der Waals surface area contributed by atoms with E-state index in [2.05, 4.69) is 10.6 Å². The maximum atomic E-state index is 13.5. The number of imide groups is 1. The summed E-state index contributed by atoms with van der Waals surface area (Å²) < 4.78 is 4.97. The molecular formula is C26H30N5NaO9S. The van der Waals surface area contributed by atoms with E-state index in [1.165, 1.54) is 23.6 Å². The van der Waals surface area contributed by atoms with Gasteiger partial charge in [0.25, 0.3) is 5.91 Å². The predicted octanol–water partition coefficient (Wildman–Crippen LogP) is -4.61. The number of carbonyl (C=O) groups excluding carboxylic acids is 7. The summed E-state index contributed by atoms with van der Waals surface area (Å²) in [5.41, 5.74) is 0.320. The molecule has 4 atom stereocenters. The van der Waals surface area contributed by atoms with Crippen LogP contribution in [0.1, 0.15) is 33.6 Å². The number of fused-ring (bicyclic) bond motifs is 1. The van der Waals surface area contributed by atoms with Crippen LogP contribution in [-0.2, 0) is 33.5 Å². The van der Waals surface area contributed by atoms with E-state index < -0.39 is 70.0 Å². The SMILES string of the molecule is CCN1CCN(C(=O)NC(C(=O)NC2C(=O)N3C(C(=O)[O-])=C(COC(C)=O)[C@H](C)S[C@@H]23)C2=CCC=CC2)C(=O)C1=O.[Na+]. The number of esters is 1. The second-order valence-corrected chi connectivity index (χ2v) is 11.2. The van der Waals surface area contributed by atoms with Crippen LogP contribution in [0.15, 0.2) is 35.1 Å². The summed E-state index contributed by atoms with van der Waals surface area (Å²) in [5, 5.41) is 15.9.